The molecule has 138 valence electrons. The van der Waals surface area contributed by atoms with Gasteiger partial charge in [0.25, 0.3) is 11.6 Å². The number of hydrogen-bond acceptors (Lipinski definition) is 2. The first-order valence-corrected chi connectivity index (χ1v) is 8.97. The Morgan fingerprint density at radius 1 is 1.07 bits per heavy atom. The van der Waals surface area contributed by atoms with Crippen LogP contribution in [0.25, 0.3) is 17.0 Å². The molecular weight excluding hydrogens is 334 g/mol. The molecule has 0 atom stereocenters. The molecule has 1 aromatic heterocycles. The van der Waals surface area contributed by atoms with Gasteiger partial charge in [0.05, 0.1) is 7.05 Å². The third-order valence-electron chi connectivity index (χ3n) is 4.77. The number of aromatic nitrogens is 3. The average molecular weight is 359 g/mol. The van der Waals surface area contributed by atoms with Crippen LogP contribution in [0.1, 0.15) is 33.9 Å². The Balaban J connectivity index is 2.15. The van der Waals surface area contributed by atoms with Gasteiger partial charge in [-0.2, -0.15) is 0 Å². The molecule has 27 heavy (non-hydrogen) atoms. The van der Waals surface area contributed by atoms with Crippen LogP contribution >= 0.6 is 0 Å². The van der Waals surface area contributed by atoms with Crippen molar-refractivity contribution in [3.63, 3.8) is 0 Å². The fourth-order valence-corrected chi connectivity index (χ4v) is 3.44. The third kappa shape index (κ3) is 3.56. The zero-order valence-corrected chi connectivity index (χ0v) is 16.6. The number of aryl methyl sites for hydroxylation is 4. The van der Waals surface area contributed by atoms with Gasteiger partial charge in [-0.25, -0.2) is 4.57 Å². The summed E-state index contributed by atoms with van der Waals surface area (Å²) in [5.74, 6) is 1.17. The van der Waals surface area contributed by atoms with E-state index in [0.717, 1.165) is 28.2 Å². The molecule has 3 aromatic rings. The van der Waals surface area contributed by atoms with E-state index in [-0.39, 0.29) is 5.76 Å². The summed E-state index contributed by atoms with van der Waals surface area (Å²) < 4.78 is 3.59. The quantitative estimate of drug-likeness (QED) is 0.407. The Morgan fingerprint density at radius 3 is 2.26 bits per heavy atom. The van der Waals surface area contributed by atoms with Crippen LogP contribution in [-0.4, -0.2) is 9.78 Å². The van der Waals surface area contributed by atoms with E-state index in [1.54, 1.807) is 10.8 Å². The second-order valence-corrected chi connectivity index (χ2v) is 6.99. The smallest absolute Gasteiger partial charge is 0.275 e. The summed E-state index contributed by atoms with van der Waals surface area (Å²) in [5.41, 5.74) is 5.94. The molecule has 0 aliphatic carbocycles. The molecule has 3 rings (SSSR count). The summed E-state index contributed by atoms with van der Waals surface area (Å²) >= 11 is 0. The molecule has 4 heteroatoms. The third-order valence-corrected chi connectivity index (χ3v) is 4.77. The molecule has 0 unspecified atom stereocenters. The van der Waals surface area contributed by atoms with Gasteiger partial charge in [-0.1, -0.05) is 65.4 Å². The van der Waals surface area contributed by atoms with Gasteiger partial charge in [-0.3, -0.25) is 0 Å². The number of hydrogen-bond donors (Lipinski definition) is 0. The summed E-state index contributed by atoms with van der Waals surface area (Å²) in [5, 5.41) is 17.8. The highest BCUT2D eigenvalue weighted by Gasteiger charge is 2.24. The van der Waals surface area contributed by atoms with Crippen LogP contribution in [0, 0.1) is 27.7 Å². The predicted octanol–water partition coefficient (Wildman–Crippen LogP) is 3.35. The van der Waals surface area contributed by atoms with Gasteiger partial charge >= 0.3 is 0 Å². The Hall–Kier alpha value is -3.14. The lowest BCUT2D eigenvalue weighted by Crippen LogP contribution is -2.36. The number of allylic oxidation sites excluding steroid dienone is 2. The second-order valence-electron chi connectivity index (χ2n) is 6.99. The van der Waals surface area contributed by atoms with Gasteiger partial charge in [0.1, 0.15) is 5.69 Å². The van der Waals surface area contributed by atoms with E-state index in [0.29, 0.717) is 11.4 Å². The van der Waals surface area contributed by atoms with Crippen LogP contribution in [0.2, 0.25) is 0 Å². The number of benzene rings is 2. The molecular formula is C23H25N3O. The molecule has 0 amide bonds. The monoisotopic (exact) mass is 359 g/mol. The standard InChI is InChI=1S/C23H25N3O/c1-15-12-17(3)22(18(4)13-15)26-23(25(6)19(5)24-26)21(27)14-16(2)20-10-8-7-9-11-20/h7-14H,2H2,1,3-6H3/b21-14-. The van der Waals surface area contributed by atoms with E-state index in [4.69, 9.17) is 0 Å². The van der Waals surface area contributed by atoms with Crippen molar-refractivity contribution in [1.29, 1.82) is 0 Å². The maximum Gasteiger partial charge on any atom is 0.275 e. The molecule has 0 spiro atoms. The van der Waals surface area contributed by atoms with Gasteiger partial charge in [-0.15, -0.1) is 0 Å². The Morgan fingerprint density at radius 2 is 1.67 bits per heavy atom. The fourth-order valence-electron chi connectivity index (χ4n) is 3.44. The van der Waals surface area contributed by atoms with E-state index in [1.807, 2.05) is 62.7 Å². The first-order valence-electron chi connectivity index (χ1n) is 8.97. The van der Waals surface area contributed by atoms with Gasteiger partial charge in [-0.05, 0) is 48.8 Å². The lowest BCUT2D eigenvalue weighted by atomic mass is 10.0. The van der Waals surface area contributed by atoms with Crippen LogP contribution in [0.4, 0.5) is 0 Å². The van der Waals surface area contributed by atoms with Gasteiger partial charge in [0.15, 0.2) is 0 Å². The highest BCUT2D eigenvalue weighted by molar-refractivity contribution is 5.78. The summed E-state index contributed by atoms with van der Waals surface area (Å²) in [6.07, 6.45) is 1.58. The summed E-state index contributed by atoms with van der Waals surface area (Å²) in [6.45, 7) is 12.1. The zero-order valence-electron chi connectivity index (χ0n) is 16.6. The van der Waals surface area contributed by atoms with Crippen molar-refractivity contribution in [1.82, 2.24) is 9.78 Å². The topological polar surface area (TPSA) is 44.8 Å². The van der Waals surface area contributed by atoms with Crippen molar-refractivity contribution in [2.75, 3.05) is 0 Å². The first-order chi connectivity index (χ1) is 12.8. The highest BCUT2D eigenvalue weighted by Crippen LogP contribution is 2.24. The largest absolute Gasteiger partial charge is 0.868 e. The predicted molar refractivity (Wildman–Crippen MR) is 107 cm³/mol. The van der Waals surface area contributed by atoms with Gasteiger partial charge in [0, 0.05) is 12.0 Å². The lowest BCUT2D eigenvalue weighted by Gasteiger charge is -2.14. The molecule has 0 aliphatic rings. The molecule has 1 heterocycles. The van der Waals surface area contributed by atoms with Crippen molar-refractivity contribution in [2.45, 2.75) is 27.7 Å². The van der Waals surface area contributed by atoms with Crippen molar-refractivity contribution in [3.05, 3.63) is 89.0 Å². The van der Waals surface area contributed by atoms with E-state index in [1.165, 1.54) is 5.56 Å². The summed E-state index contributed by atoms with van der Waals surface area (Å²) in [6, 6.07) is 13.9. The Labute approximate surface area is 160 Å². The van der Waals surface area contributed by atoms with E-state index < -0.39 is 0 Å². The highest BCUT2D eigenvalue weighted by atomic mass is 16.3. The van der Waals surface area contributed by atoms with E-state index >= 15 is 0 Å². The van der Waals surface area contributed by atoms with Crippen molar-refractivity contribution < 1.29 is 9.67 Å². The zero-order chi connectivity index (χ0) is 19.7. The molecule has 0 bridgehead atoms. The van der Waals surface area contributed by atoms with E-state index in [9.17, 15) is 5.11 Å². The van der Waals surface area contributed by atoms with Crippen molar-refractivity contribution >= 4 is 11.3 Å². The minimum atomic E-state index is -0.119. The molecule has 0 fully saturated rings. The van der Waals surface area contributed by atoms with Crippen LogP contribution in [0.3, 0.4) is 0 Å². The Bertz CT molecular complexity index is 1020. The minimum Gasteiger partial charge on any atom is -0.868 e. The molecule has 0 aliphatic heterocycles. The van der Waals surface area contributed by atoms with Gasteiger partial charge < -0.3 is 5.11 Å². The van der Waals surface area contributed by atoms with Crippen molar-refractivity contribution in [2.24, 2.45) is 7.05 Å². The SMILES string of the molecule is C=C(/C=C(\[O-])c1n(-c2c(C)cc(C)cc2C)nc(C)[n+]1C)c1ccccc1. The van der Waals surface area contributed by atoms with Crippen molar-refractivity contribution in [3.8, 4) is 5.69 Å². The average Bonchev–Trinajstić information content (AvgIpc) is 2.89. The summed E-state index contributed by atoms with van der Waals surface area (Å²) in [4.78, 5) is 0. The van der Waals surface area contributed by atoms with Crippen LogP contribution in [0.15, 0.2) is 55.1 Å². The molecule has 0 saturated carbocycles. The van der Waals surface area contributed by atoms with Crippen LogP contribution in [-0.2, 0) is 7.05 Å². The number of rotatable bonds is 4. The first kappa shape index (κ1) is 18.6. The maximum atomic E-state index is 13.1. The molecule has 0 saturated heterocycles. The molecule has 2 aromatic carbocycles. The molecule has 0 N–H and O–H groups in total. The molecule has 4 nitrogen and oxygen atoms in total. The Kier molecular flexibility index (Phi) is 5.00. The maximum absolute atomic E-state index is 13.1. The number of nitrogens with zero attached hydrogens (tertiary/aromatic N) is 3. The fraction of sp³-hybridized carbons (Fsp3) is 0.217. The van der Waals surface area contributed by atoms with Gasteiger partial charge in [0.2, 0.25) is 0 Å². The van der Waals surface area contributed by atoms with Crippen LogP contribution in [0.5, 0.6) is 0 Å². The lowest BCUT2D eigenvalue weighted by molar-refractivity contribution is -0.683. The van der Waals surface area contributed by atoms with E-state index in [2.05, 4.69) is 30.7 Å². The summed E-state index contributed by atoms with van der Waals surface area (Å²) in [7, 11) is 1.87. The second kappa shape index (κ2) is 7.23. The van der Waals surface area contributed by atoms with Crippen LogP contribution < -0.4 is 9.67 Å². The normalized spacial score (nSPS) is 11.7. The minimum absolute atomic E-state index is 0.119. The molecule has 0 radical (unpaired) electrons.